The molecule has 0 saturated carbocycles. The van der Waals surface area contributed by atoms with Gasteiger partial charge in [0.2, 0.25) is 0 Å². The van der Waals surface area contributed by atoms with Crippen LogP contribution in [0.1, 0.15) is 5.56 Å². The predicted octanol–water partition coefficient (Wildman–Crippen LogP) is 0.573. The highest BCUT2D eigenvalue weighted by Crippen LogP contribution is 1.97. The molecule has 0 fully saturated rings. The van der Waals surface area contributed by atoms with Crippen LogP contribution in [0.15, 0.2) is 24.3 Å². The molecule has 1 rings (SSSR count). The minimum absolute atomic E-state index is 0.403. The molecule has 12 heavy (non-hydrogen) atoms. The van der Waals surface area contributed by atoms with Crippen molar-refractivity contribution < 1.29 is 5.02 Å². The molecule has 60 valence electrons. The van der Waals surface area contributed by atoms with Gasteiger partial charge in [-0.2, -0.15) is 5.26 Å². The van der Waals surface area contributed by atoms with E-state index in [1.807, 2.05) is 24.3 Å². The normalized spacial score (nSPS) is 9.08. The van der Waals surface area contributed by atoms with Crippen LogP contribution in [0.2, 0.25) is 6.82 Å². The van der Waals surface area contributed by atoms with Gasteiger partial charge in [-0.05, 0) is 11.0 Å². The van der Waals surface area contributed by atoms with Gasteiger partial charge in [-0.3, -0.25) is 0 Å². The van der Waals surface area contributed by atoms with Gasteiger partial charge in [0.25, 0.3) is 0 Å². The van der Waals surface area contributed by atoms with Crippen LogP contribution >= 0.6 is 0 Å². The van der Waals surface area contributed by atoms with Gasteiger partial charge < -0.3 is 5.02 Å². The molecule has 3 heteroatoms. The lowest BCUT2D eigenvalue weighted by molar-refractivity contribution is 0.594. The average Bonchev–Trinajstić information content (AvgIpc) is 2.05. The van der Waals surface area contributed by atoms with E-state index in [-0.39, 0.29) is 0 Å². The molecule has 0 saturated heterocycles. The second kappa shape index (κ2) is 3.94. The first kappa shape index (κ1) is 8.83. The molecule has 0 aliphatic carbocycles. The standard InChI is InChI=1S/C9H10BNO/c1-10(12)9-4-2-3-8(7-9)5-6-11/h2-4,7,12H,5H2,1H3. The van der Waals surface area contributed by atoms with E-state index in [9.17, 15) is 5.02 Å². The van der Waals surface area contributed by atoms with Crippen molar-refractivity contribution in [3.05, 3.63) is 29.8 Å². The van der Waals surface area contributed by atoms with Crippen LogP contribution in [0.25, 0.3) is 0 Å². The van der Waals surface area contributed by atoms with Crippen molar-refractivity contribution in [2.45, 2.75) is 13.2 Å². The molecule has 0 aromatic heterocycles. The average molecular weight is 159 g/mol. The predicted molar refractivity (Wildman–Crippen MR) is 49.2 cm³/mol. The Morgan fingerprint density at radius 3 is 2.92 bits per heavy atom. The second-order valence-corrected chi connectivity index (χ2v) is 2.76. The van der Waals surface area contributed by atoms with Gasteiger partial charge in [-0.15, -0.1) is 0 Å². The quantitative estimate of drug-likeness (QED) is 0.641. The second-order valence-electron chi connectivity index (χ2n) is 2.76. The summed E-state index contributed by atoms with van der Waals surface area (Å²) in [5, 5.41) is 17.7. The summed E-state index contributed by atoms with van der Waals surface area (Å²) in [6.45, 7) is 1.26. The van der Waals surface area contributed by atoms with Crippen LogP contribution in [0.5, 0.6) is 0 Å². The Kier molecular flexibility index (Phi) is 2.90. The van der Waals surface area contributed by atoms with Crippen LogP contribution < -0.4 is 5.46 Å². The lowest BCUT2D eigenvalue weighted by atomic mass is 9.64. The molecule has 1 aromatic carbocycles. The Morgan fingerprint density at radius 1 is 1.58 bits per heavy atom. The van der Waals surface area contributed by atoms with Crippen molar-refractivity contribution in [3.63, 3.8) is 0 Å². The lowest BCUT2D eigenvalue weighted by Crippen LogP contribution is -2.26. The largest absolute Gasteiger partial charge is 0.447 e. The number of hydrogen-bond donors (Lipinski definition) is 1. The zero-order chi connectivity index (χ0) is 8.97. The summed E-state index contributed by atoms with van der Waals surface area (Å²) < 4.78 is 0. The lowest BCUT2D eigenvalue weighted by Gasteiger charge is -2.01. The van der Waals surface area contributed by atoms with E-state index in [1.165, 1.54) is 0 Å². The van der Waals surface area contributed by atoms with Crippen LogP contribution in [0.4, 0.5) is 0 Å². The molecular formula is C9H10BNO. The zero-order valence-electron chi connectivity index (χ0n) is 6.99. The van der Waals surface area contributed by atoms with E-state index >= 15 is 0 Å². The fraction of sp³-hybridized carbons (Fsp3) is 0.222. The summed E-state index contributed by atoms with van der Waals surface area (Å²) in [6.07, 6.45) is 0.403. The number of nitrogens with zero attached hydrogens (tertiary/aromatic N) is 1. The molecule has 0 radical (unpaired) electrons. The fourth-order valence-corrected chi connectivity index (χ4v) is 1.05. The molecule has 0 aliphatic heterocycles. The molecule has 0 atom stereocenters. The van der Waals surface area contributed by atoms with Gasteiger partial charge >= 0.3 is 6.92 Å². The summed E-state index contributed by atoms with van der Waals surface area (Å²) >= 11 is 0. The molecule has 0 spiro atoms. The molecule has 2 nitrogen and oxygen atoms in total. The summed E-state index contributed by atoms with van der Waals surface area (Å²) in [5.74, 6) is 0. The number of rotatable bonds is 2. The van der Waals surface area contributed by atoms with Crippen molar-refractivity contribution in [2.75, 3.05) is 0 Å². The first-order valence-electron chi connectivity index (χ1n) is 3.88. The maximum atomic E-state index is 9.23. The van der Waals surface area contributed by atoms with Gasteiger partial charge in [0.1, 0.15) is 0 Å². The molecule has 0 amide bonds. The van der Waals surface area contributed by atoms with E-state index in [1.54, 1.807) is 6.82 Å². The van der Waals surface area contributed by atoms with Crippen molar-refractivity contribution >= 4 is 12.4 Å². The monoisotopic (exact) mass is 159 g/mol. The third kappa shape index (κ3) is 2.11. The summed E-state index contributed by atoms with van der Waals surface area (Å²) in [7, 11) is 0. The van der Waals surface area contributed by atoms with E-state index in [0.29, 0.717) is 6.42 Å². The smallest absolute Gasteiger partial charge is 0.320 e. The highest BCUT2D eigenvalue weighted by atomic mass is 16.2. The molecule has 0 heterocycles. The Hall–Kier alpha value is -1.27. The van der Waals surface area contributed by atoms with Crippen molar-refractivity contribution in [1.29, 1.82) is 5.26 Å². The number of nitriles is 1. The topological polar surface area (TPSA) is 44.0 Å². The number of benzene rings is 1. The van der Waals surface area contributed by atoms with Crippen molar-refractivity contribution in [2.24, 2.45) is 0 Å². The van der Waals surface area contributed by atoms with Crippen molar-refractivity contribution in [1.82, 2.24) is 0 Å². The third-order valence-electron chi connectivity index (χ3n) is 1.72. The molecule has 0 aliphatic rings. The van der Waals surface area contributed by atoms with Gasteiger partial charge in [-0.1, -0.05) is 31.1 Å². The highest BCUT2D eigenvalue weighted by Gasteiger charge is 2.05. The van der Waals surface area contributed by atoms with Gasteiger partial charge in [-0.25, -0.2) is 0 Å². The Balaban J connectivity index is 2.90. The minimum atomic E-state index is -0.455. The maximum absolute atomic E-state index is 9.23. The van der Waals surface area contributed by atoms with Crippen LogP contribution in [0.3, 0.4) is 0 Å². The molecule has 1 N–H and O–H groups in total. The Morgan fingerprint density at radius 2 is 2.33 bits per heavy atom. The van der Waals surface area contributed by atoms with E-state index in [0.717, 1.165) is 11.0 Å². The first-order chi connectivity index (χ1) is 5.74. The summed E-state index contributed by atoms with van der Waals surface area (Å²) in [6, 6.07) is 9.52. The Labute approximate surface area is 72.6 Å². The van der Waals surface area contributed by atoms with Crippen molar-refractivity contribution in [3.8, 4) is 6.07 Å². The molecule has 1 aromatic rings. The Bertz CT molecular complexity index is 304. The summed E-state index contributed by atoms with van der Waals surface area (Å²) in [4.78, 5) is 0. The number of hydrogen-bond acceptors (Lipinski definition) is 2. The fourth-order valence-electron chi connectivity index (χ4n) is 1.05. The van der Waals surface area contributed by atoms with Gasteiger partial charge in [0, 0.05) is 0 Å². The van der Waals surface area contributed by atoms with E-state index < -0.39 is 6.92 Å². The van der Waals surface area contributed by atoms with Gasteiger partial charge in [0.05, 0.1) is 12.5 Å². The van der Waals surface area contributed by atoms with E-state index in [2.05, 4.69) is 6.07 Å². The SMILES string of the molecule is CB(O)c1cccc(CC#N)c1. The third-order valence-corrected chi connectivity index (χ3v) is 1.72. The first-order valence-corrected chi connectivity index (χ1v) is 3.88. The van der Waals surface area contributed by atoms with Crippen LogP contribution in [-0.2, 0) is 6.42 Å². The summed E-state index contributed by atoms with van der Waals surface area (Å²) in [5.41, 5.74) is 1.82. The van der Waals surface area contributed by atoms with Crippen LogP contribution in [-0.4, -0.2) is 11.9 Å². The van der Waals surface area contributed by atoms with Crippen LogP contribution in [0, 0.1) is 11.3 Å². The highest BCUT2D eigenvalue weighted by molar-refractivity contribution is 6.64. The molecule has 0 unspecified atom stereocenters. The van der Waals surface area contributed by atoms with Gasteiger partial charge in [0.15, 0.2) is 0 Å². The minimum Gasteiger partial charge on any atom is -0.447 e. The molecule has 0 bridgehead atoms. The van der Waals surface area contributed by atoms with E-state index in [4.69, 9.17) is 5.26 Å². The molecular weight excluding hydrogens is 149 g/mol. The zero-order valence-corrected chi connectivity index (χ0v) is 6.99. The maximum Gasteiger partial charge on any atom is 0.320 e.